The average molecular weight is 395 g/mol. The lowest BCUT2D eigenvalue weighted by atomic mass is 9.92. The summed E-state index contributed by atoms with van der Waals surface area (Å²) in [5.41, 5.74) is 1.14. The summed E-state index contributed by atoms with van der Waals surface area (Å²) in [6, 6.07) is 12.8. The Bertz CT molecular complexity index is 724. The second-order valence-electron chi connectivity index (χ2n) is 6.96. The summed E-state index contributed by atoms with van der Waals surface area (Å²) in [6.07, 6.45) is -0.474. The van der Waals surface area contributed by atoms with Gasteiger partial charge >= 0.3 is 6.36 Å². The first-order valence-electron chi connectivity index (χ1n) is 9.42. The van der Waals surface area contributed by atoms with Gasteiger partial charge in [0.05, 0.1) is 6.61 Å². The number of benzene rings is 2. The number of phenols is 1. The van der Waals surface area contributed by atoms with E-state index in [4.69, 9.17) is 4.74 Å². The quantitative estimate of drug-likeness (QED) is 0.641. The van der Waals surface area contributed by atoms with Gasteiger partial charge in [0.2, 0.25) is 0 Å². The molecule has 0 atom stereocenters. The minimum atomic E-state index is -4.68. The Morgan fingerprint density at radius 1 is 0.929 bits per heavy atom. The van der Waals surface area contributed by atoms with E-state index in [1.165, 1.54) is 24.3 Å². The normalized spacial score (nSPS) is 15.5. The minimum absolute atomic E-state index is 0.250. The van der Waals surface area contributed by atoms with Crippen molar-refractivity contribution in [3.05, 3.63) is 48.5 Å². The van der Waals surface area contributed by atoms with Crippen LogP contribution < -0.4 is 14.4 Å². The molecule has 0 amide bonds. The average Bonchev–Trinajstić information content (AvgIpc) is 2.66. The number of rotatable bonds is 7. The van der Waals surface area contributed by atoms with Crippen molar-refractivity contribution in [2.24, 2.45) is 5.92 Å². The number of hydrogen-bond acceptors (Lipinski definition) is 4. The van der Waals surface area contributed by atoms with Crippen LogP contribution in [-0.4, -0.2) is 31.2 Å². The highest BCUT2D eigenvalue weighted by atomic mass is 19.4. The Morgan fingerprint density at radius 3 is 2.14 bits per heavy atom. The van der Waals surface area contributed by atoms with Crippen LogP contribution in [0.2, 0.25) is 0 Å². The third-order valence-corrected chi connectivity index (χ3v) is 4.91. The van der Waals surface area contributed by atoms with Crippen LogP contribution in [0.5, 0.6) is 17.2 Å². The van der Waals surface area contributed by atoms with E-state index in [9.17, 15) is 18.3 Å². The number of piperidine rings is 1. The van der Waals surface area contributed by atoms with Crippen LogP contribution in [0, 0.1) is 5.92 Å². The van der Waals surface area contributed by atoms with E-state index < -0.39 is 6.36 Å². The summed E-state index contributed by atoms with van der Waals surface area (Å²) in [7, 11) is 0. The predicted molar refractivity (Wildman–Crippen MR) is 101 cm³/mol. The topological polar surface area (TPSA) is 41.9 Å². The van der Waals surface area contributed by atoms with Gasteiger partial charge in [-0.15, -0.1) is 13.2 Å². The zero-order valence-corrected chi connectivity index (χ0v) is 15.5. The molecule has 2 aromatic carbocycles. The molecule has 1 aliphatic heterocycles. The van der Waals surface area contributed by atoms with Crippen molar-refractivity contribution in [3.63, 3.8) is 0 Å². The maximum Gasteiger partial charge on any atom is 0.573 e. The number of hydrogen-bond donors (Lipinski definition) is 1. The Morgan fingerprint density at radius 2 is 1.54 bits per heavy atom. The van der Waals surface area contributed by atoms with Crippen LogP contribution in [0.4, 0.5) is 18.9 Å². The van der Waals surface area contributed by atoms with Crippen LogP contribution in [0.15, 0.2) is 48.5 Å². The van der Waals surface area contributed by atoms with Gasteiger partial charge in [0, 0.05) is 18.8 Å². The van der Waals surface area contributed by atoms with Crippen LogP contribution in [0.1, 0.15) is 25.7 Å². The van der Waals surface area contributed by atoms with Gasteiger partial charge in [-0.05, 0) is 80.1 Å². The van der Waals surface area contributed by atoms with Gasteiger partial charge in [0.15, 0.2) is 0 Å². The van der Waals surface area contributed by atoms with Crippen molar-refractivity contribution < 1.29 is 27.8 Å². The Kier molecular flexibility index (Phi) is 6.54. The van der Waals surface area contributed by atoms with Gasteiger partial charge in [-0.2, -0.15) is 0 Å². The van der Waals surface area contributed by atoms with Crippen LogP contribution in [-0.2, 0) is 0 Å². The molecule has 3 rings (SSSR count). The monoisotopic (exact) mass is 395 g/mol. The van der Waals surface area contributed by atoms with E-state index in [1.54, 1.807) is 12.1 Å². The number of anilines is 1. The first kappa shape index (κ1) is 20.2. The van der Waals surface area contributed by atoms with E-state index in [2.05, 4.69) is 9.64 Å². The summed E-state index contributed by atoms with van der Waals surface area (Å²) < 4.78 is 45.9. The van der Waals surface area contributed by atoms with Gasteiger partial charge < -0.3 is 19.5 Å². The van der Waals surface area contributed by atoms with E-state index in [-0.39, 0.29) is 11.5 Å². The molecule has 0 saturated carbocycles. The van der Waals surface area contributed by atoms with Gasteiger partial charge in [-0.1, -0.05) is 0 Å². The summed E-state index contributed by atoms with van der Waals surface area (Å²) in [4.78, 5) is 2.33. The molecule has 1 aliphatic rings. The molecule has 1 N–H and O–H groups in total. The molecule has 152 valence electrons. The lowest BCUT2D eigenvalue weighted by molar-refractivity contribution is -0.274. The third kappa shape index (κ3) is 6.25. The van der Waals surface area contributed by atoms with E-state index >= 15 is 0 Å². The Balaban J connectivity index is 1.33. The number of ether oxygens (including phenoxy) is 2. The molecule has 4 nitrogen and oxygen atoms in total. The summed E-state index contributed by atoms with van der Waals surface area (Å²) in [5.74, 6) is 1.22. The van der Waals surface area contributed by atoms with Gasteiger partial charge in [0.25, 0.3) is 0 Å². The van der Waals surface area contributed by atoms with Crippen molar-refractivity contribution in [1.82, 2.24) is 0 Å². The summed E-state index contributed by atoms with van der Waals surface area (Å²) >= 11 is 0. The fraction of sp³-hybridized carbons (Fsp3) is 0.429. The largest absolute Gasteiger partial charge is 0.573 e. The lowest BCUT2D eigenvalue weighted by Gasteiger charge is -2.33. The first-order valence-corrected chi connectivity index (χ1v) is 9.42. The molecule has 28 heavy (non-hydrogen) atoms. The van der Waals surface area contributed by atoms with Crippen LogP contribution in [0.3, 0.4) is 0 Å². The maximum absolute atomic E-state index is 12.1. The number of nitrogens with zero attached hydrogens (tertiary/aromatic N) is 1. The molecule has 0 aliphatic carbocycles. The molecule has 1 saturated heterocycles. The predicted octanol–water partition coefficient (Wildman–Crippen LogP) is 5.37. The molecular formula is C21H24F3NO3. The zero-order valence-electron chi connectivity index (χ0n) is 15.5. The molecule has 0 aromatic heterocycles. The third-order valence-electron chi connectivity index (χ3n) is 4.91. The number of halogens is 3. The first-order chi connectivity index (χ1) is 13.4. The second-order valence-corrected chi connectivity index (χ2v) is 6.96. The molecule has 0 spiro atoms. The number of phenolic OH excluding ortho intramolecular Hbond substituents is 1. The summed E-state index contributed by atoms with van der Waals surface area (Å²) in [5, 5.41) is 9.38. The molecule has 0 radical (unpaired) electrons. The van der Waals surface area contributed by atoms with E-state index in [0.29, 0.717) is 18.3 Å². The Labute approximate surface area is 162 Å². The number of alkyl halides is 3. The van der Waals surface area contributed by atoms with Crippen molar-refractivity contribution in [3.8, 4) is 17.2 Å². The Hall–Kier alpha value is -2.57. The SMILES string of the molecule is Oc1ccc(N2CCC(CCCOc3ccc(OC(F)(F)F)cc3)CC2)cc1. The van der Waals surface area contributed by atoms with Gasteiger partial charge in [-0.25, -0.2) is 0 Å². The van der Waals surface area contributed by atoms with Gasteiger partial charge in [-0.3, -0.25) is 0 Å². The van der Waals surface area contributed by atoms with Gasteiger partial charge in [0.1, 0.15) is 17.2 Å². The fourth-order valence-electron chi connectivity index (χ4n) is 3.44. The van der Waals surface area contributed by atoms with Crippen LogP contribution in [0.25, 0.3) is 0 Å². The summed E-state index contributed by atoms with van der Waals surface area (Å²) in [6.45, 7) is 2.53. The van der Waals surface area contributed by atoms with Crippen molar-refractivity contribution in [2.45, 2.75) is 32.0 Å². The molecule has 1 heterocycles. The smallest absolute Gasteiger partial charge is 0.508 e. The van der Waals surface area contributed by atoms with E-state index in [0.717, 1.165) is 44.5 Å². The second kappa shape index (κ2) is 9.08. The highest BCUT2D eigenvalue weighted by molar-refractivity contribution is 5.49. The van der Waals surface area contributed by atoms with Crippen molar-refractivity contribution in [1.29, 1.82) is 0 Å². The lowest BCUT2D eigenvalue weighted by Crippen LogP contribution is -2.33. The minimum Gasteiger partial charge on any atom is -0.508 e. The van der Waals surface area contributed by atoms with Crippen molar-refractivity contribution >= 4 is 5.69 Å². The van der Waals surface area contributed by atoms with Crippen LogP contribution >= 0.6 is 0 Å². The van der Waals surface area contributed by atoms with E-state index in [1.807, 2.05) is 12.1 Å². The maximum atomic E-state index is 12.1. The van der Waals surface area contributed by atoms with Crippen molar-refractivity contribution in [2.75, 3.05) is 24.6 Å². The highest BCUT2D eigenvalue weighted by Crippen LogP contribution is 2.28. The zero-order chi connectivity index (χ0) is 20.0. The molecule has 7 heteroatoms. The number of aromatic hydroxyl groups is 1. The molecule has 0 unspecified atom stereocenters. The fourth-order valence-corrected chi connectivity index (χ4v) is 3.44. The molecule has 0 bridgehead atoms. The molecular weight excluding hydrogens is 371 g/mol. The molecule has 2 aromatic rings. The standard InChI is InChI=1S/C21H24F3NO3/c22-21(23,24)28-20-9-7-19(8-10-20)27-15-1-2-16-11-13-25(14-12-16)17-3-5-18(26)6-4-17/h3-10,16,26H,1-2,11-15H2. The molecule has 1 fully saturated rings. The highest BCUT2D eigenvalue weighted by Gasteiger charge is 2.31.